The van der Waals surface area contributed by atoms with Crippen LogP contribution in [0, 0.1) is 5.92 Å². The second-order valence-corrected chi connectivity index (χ2v) is 3.73. The highest BCUT2D eigenvalue weighted by Crippen LogP contribution is 2.25. The van der Waals surface area contributed by atoms with Crippen molar-refractivity contribution in [2.75, 3.05) is 0 Å². The van der Waals surface area contributed by atoms with Gasteiger partial charge in [-0.15, -0.1) is 0 Å². The van der Waals surface area contributed by atoms with Crippen LogP contribution in [0.4, 0.5) is 0 Å². The lowest BCUT2D eigenvalue weighted by atomic mass is 10.1. The van der Waals surface area contributed by atoms with Crippen LogP contribution in [0.25, 0.3) is 0 Å². The quantitative estimate of drug-likeness (QED) is 0.622. The molecule has 0 unspecified atom stereocenters. The average Bonchev–Trinajstić information content (AvgIpc) is 2.09. The van der Waals surface area contributed by atoms with Gasteiger partial charge in [-0.2, -0.15) is 0 Å². The lowest BCUT2D eigenvalue weighted by Crippen LogP contribution is -2.21. The van der Waals surface area contributed by atoms with E-state index in [0.29, 0.717) is 5.92 Å². The Morgan fingerprint density at radius 1 is 1.62 bits per heavy atom. The molecule has 0 fully saturated rings. The van der Waals surface area contributed by atoms with Crippen molar-refractivity contribution < 1.29 is 0 Å². The summed E-state index contributed by atoms with van der Waals surface area (Å²) in [6.45, 7) is 10.6. The van der Waals surface area contributed by atoms with Gasteiger partial charge in [-0.25, -0.2) is 0 Å². The fourth-order valence-electron chi connectivity index (χ4n) is 1.67. The summed E-state index contributed by atoms with van der Waals surface area (Å²) >= 11 is 0. The van der Waals surface area contributed by atoms with Crippen LogP contribution in [0.3, 0.4) is 0 Å². The van der Waals surface area contributed by atoms with Crippen LogP contribution in [0.2, 0.25) is 0 Å². The average molecular weight is 177 g/mol. The van der Waals surface area contributed by atoms with E-state index in [1.807, 2.05) is 0 Å². The molecular formula is C12H19N. The van der Waals surface area contributed by atoms with Gasteiger partial charge in [0.2, 0.25) is 0 Å². The second-order valence-electron chi connectivity index (χ2n) is 3.73. The molecule has 0 aromatic rings. The van der Waals surface area contributed by atoms with Crippen LogP contribution < -0.4 is 0 Å². The number of hydrogen-bond donors (Lipinski definition) is 0. The van der Waals surface area contributed by atoms with Gasteiger partial charge in [0.05, 0.1) is 0 Å². The molecule has 1 rings (SSSR count). The topological polar surface area (TPSA) is 3.24 Å². The van der Waals surface area contributed by atoms with Gasteiger partial charge in [0.25, 0.3) is 0 Å². The molecule has 0 saturated carbocycles. The van der Waals surface area contributed by atoms with Crippen LogP contribution in [-0.2, 0) is 0 Å². The highest BCUT2D eigenvalue weighted by atomic mass is 15.1. The van der Waals surface area contributed by atoms with E-state index in [2.05, 4.69) is 50.6 Å². The third-order valence-electron chi connectivity index (χ3n) is 2.36. The maximum absolute atomic E-state index is 4.08. The van der Waals surface area contributed by atoms with Gasteiger partial charge in [-0.3, -0.25) is 0 Å². The molecule has 1 aliphatic heterocycles. The summed E-state index contributed by atoms with van der Waals surface area (Å²) in [5.74, 6) is 0.560. The third kappa shape index (κ3) is 2.24. The predicted molar refractivity (Wildman–Crippen MR) is 57.9 cm³/mol. The molecule has 1 nitrogen and oxygen atoms in total. The summed E-state index contributed by atoms with van der Waals surface area (Å²) in [7, 11) is 0. The first-order chi connectivity index (χ1) is 6.16. The molecule has 0 amide bonds. The van der Waals surface area contributed by atoms with Crippen molar-refractivity contribution in [3.63, 3.8) is 0 Å². The summed E-state index contributed by atoms with van der Waals surface area (Å²) in [6, 6.07) is 0. The fourth-order valence-corrected chi connectivity index (χ4v) is 1.67. The van der Waals surface area contributed by atoms with Gasteiger partial charge in [0.1, 0.15) is 0 Å². The molecule has 0 bridgehead atoms. The van der Waals surface area contributed by atoms with E-state index in [9.17, 15) is 0 Å². The Hall–Kier alpha value is -0.980. The Kier molecular flexibility index (Phi) is 3.35. The Morgan fingerprint density at radius 2 is 2.31 bits per heavy atom. The van der Waals surface area contributed by atoms with Crippen molar-refractivity contribution in [2.45, 2.75) is 33.6 Å². The lowest BCUT2D eigenvalue weighted by molar-refractivity contribution is 0.463. The van der Waals surface area contributed by atoms with Gasteiger partial charge < -0.3 is 4.90 Å². The van der Waals surface area contributed by atoms with E-state index in [-0.39, 0.29) is 0 Å². The summed E-state index contributed by atoms with van der Waals surface area (Å²) in [6.07, 6.45) is 8.73. The molecule has 1 heteroatoms. The molecule has 0 aromatic carbocycles. The van der Waals surface area contributed by atoms with Crippen molar-refractivity contribution in [3.8, 4) is 0 Å². The maximum atomic E-state index is 4.08. The van der Waals surface area contributed by atoms with E-state index in [1.54, 1.807) is 0 Å². The Morgan fingerprint density at radius 3 is 2.77 bits per heavy atom. The number of allylic oxidation sites excluding steroid dienone is 4. The molecule has 0 radical (unpaired) electrons. The minimum Gasteiger partial charge on any atom is -0.326 e. The van der Waals surface area contributed by atoms with Gasteiger partial charge in [-0.05, 0) is 25.7 Å². The van der Waals surface area contributed by atoms with E-state index in [0.717, 1.165) is 12.8 Å². The van der Waals surface area contributed by atoms with Crippen molar-refractivity contribution >= 4 is 0 Å². The molecule has 0 saturated heterocycles. The SMILES string of the molecule is C=C1CCC=CN1/C(=C\C)C(C)C. The minimum atomic E-state index is 0.560. The zero-order valence-electron chi connectivity index (χ0n) is 8.88. The van der Waals surface area contributed by atoms with Crippen molar-refractivity contribution in [1.29, 1.82) is 0 Å². The standard InChI is InChI=1S/C12H19N/c1-5-12(10(2)3)13-9-7-6-8-11(13)4/h5,7,9-10H,4,6,8H2,1-3H3/b12-5-. The zero-order valence-corrected chi connectivity index (χ0v) is 8.88. The highest BCUT2D eigenvalue weighted by Gasteiger charge is 2.14. The Balaban J connectivity index is 2.85. The van der Waals surface area contributed by atoms with Crippen LogP contribution in [0.5, 0.6) is 0 Å². The van der Waals surface area contributed by atoms with Gasteiger partial charge in [-0.1, -0.05) is 32.6 Å². The maximum Gasteiger partial charge on any atom is 0.0205 e. The number of nitrogens with zero attached hydrogens (tertiary/aromatic N) is 1. The predicted octanol–water partition coefficient (Wildman–Crippen LogP) is 3.67. The summed E-state index contributed by atoms with van der Waals surface area (Å²) in [5.41, 5.74) is 2.56. The molecule has 13 heavy (non-hydrogen) atoms. The first kappa shape index (κ1) is 10.1. The van der Waals surface area contributed by atoms with Gasteiger partial charge >= 0.3 is 0 Å². The Bertz CT molecular complexity index is 246. The van der Waals surface area contributed by atoms with Gasteiger partial charge in [0.15, 0.2) is 0 Å². The third-order valence-corrected chi connectivity index (χ3v) is 2.36. The smallest absolute Gasteiger partial charge is 0.0205 e. The molecule has 0 spiro atoms. The fraction of sp³-hybridized carbons (Fsp3) is 0.500. The van der Waals surface area contributed by atoms with Crippen molar-refractivity contribution in [3.05, 3.63) is 36.3 Å². The molecule has 0 atom stereocenters. The molecular weight excluding hydrogens is 158 g/mol. The Labute approximate surface area is 81.4 Å². The van der Waals surface area contributed by atoms with Crippen LogP contribution in [0.15, 0.2) is 36.3 Å². The van der Waals surface area contributed by atoms with E-state index in [4.69, 9.17) is 0 Å². The lowest BCUT2D eigenvalue weighted by Gasteiger charge is -2.30. The molecule has 0 aliphatic carbocycles. The molecule has 72 valence electrons. The van der Waals surface area contributed by atoms with Crippen molar-refractivity contribution in [1.82, 2.24) is 4.90 Å². The zero-order chi connectivity index (χ0) is 9.84. The minimum absolute atomic E-state index is 0.560. The van der Waals surface area contributed by atoms with Crippen LogP contribution in [0.1, 0.15) is 33.6 Å². The van der Waals surface area contributed by atoms with Crippen LogP contribution >= 0.6 is 0 Å². The number of hydrogen-bond acceptors (Lipinski definition) is 1. The highest BCUT2D eigenvalue weighted by molar-refractivity contribution is 5.19. The first-order valence-corrected chi connectivity index (χ1v) is 4.96. The van der Waals surface area contributed by atoms with E-state index >= 15 is 0 Å². The molecule has 1 heterocycles. The largest absolute Gasteiger partial charge is 0.326 e. The normalized spacial score (nSPS) is 18.6. The van der Waals surface area contributed by atoms with Crippen LogP contribution in [-0.4, -0.2) is 4.90 Å². The monoisotopic (exact) mass is 177 g/mol. The second kappa shape index (κ2) is 4.31. The summed E-state index contributed by atoms with van der Waals surface area (Å²) in [5, 5.41) is 0. The van der Waals surface area contributed by atoms with Gasteiger partial charge in [0, 0.05) is 17.6 Å². The summed E-state index contributed by atoms with van der Waals surface area (Å²) < 4.78 is 0. The molecule has 0 aromatic heterocycles. The summed E-state index contributed by atoms with van der Waals surface area (Å²) in [4.78, 5) is 2.22. The van der Waals surface area contributed by atoms with Crippen molar-refractivity contribution in [2.24, 2.45) is 5.92 Å². The first-order valence-electron chi connectivity index (χ1n) is 4.96. The molecule has 0 N–H and O–H groups in total. The van der Waals surface area contributed by atoms with E-state index < -0.39 is 0 Å². The van der Waals surface area contributed by atoms with E-state index in [1.165, 1.54) is 11.4 Å². The number of rotatable bonds is 2. The molecule has 1 aliphatic rings.